The highest BCUT2D eigenvalue weighted by Gasteiger charge is 2.13. The minimum atomic E-state index is -0.679. The van der Waals surface area contributed by atoms with Crippen LogP contribution in [0.2, 0.25) is 0 Å². The van der Waals surface area contributed by atoms with Gasteiger partial charge in [0.15, 0.2) is 0 Å². The topological polar surface area (TPSA) is 32.3 Å². The molecule has 1 aliphatic heterocycles. The van der Waals surface area contributed by atoms with E-state index >= 15 is 0 Å². The zero-order chi connectivity index (χ0) is 10.4. The summed E-state index contributed by atoms with van der Waals surface area (Å²) in [5.41, 5.74) is 0. The molecule has 0 amide bonds. The van der Waals surface area contributed by atoms with Gasteiger partial charge in [0.1, 0.15) is 0 Å². The molecule has 3 nitrogen and oxygen atoms in total. The van der Waals surface area contributed by atoms with Crippen molar-refractivity contribution in [2.45, 2.75) is 25.0 Å². The first-order valence-electron chi connectivity index (χ1n) is 5.45. The highest BCUT2D eigenvalue weighted by molar-refractivity contribution is 7.84. The molecule has 1 fully saturated rings. The first kappa shape index (κ1) is 12.1. The number of nitrogens with zero attached hydrogens (tertiary/aromatic N) is 1. The number of rotatable bonds is 3. The molecule has 0 aromatic carbocycles. The van der Waals surface area contributed by atoms with E-state index in [1.54, 1.807) is 6.26 Å². The zero-order valence-corrected chi connectivity index (χ0v) is 10.1. The summed E-state index contributed by atoms with van der Waals surface area (Å²) in [4.78, 5) is 2.45. The molecule has 1 saturated heterocycles. The molecular weight excluding hydrogens is 196 g/mol. The van der Waals surface area contributed by atoms with Crippen LogP contribution < -0.4 is 5.32 Å². The van der Waals surface area contributed by atoms with E-state index in [9.17, 15) is 4.21 Å². The molecule has 1 heterocycles. The van der Waals surface area contributed by atoms with Gasteiger partial charge in [0, 0.05) is 28.9 Å². The summed E-state index contributed by atoms with van der Waals surface area (Å²) in [5.74, 6) is 0. The molecule has 0 spiro atoms. The number of hydrogen-bond donors (Lipinski definition) is 1. The van der Waals surface area contributed by atoms with Crippen LogP contribution >= 0.6 is 0 Å². The average molecular weight is 218 g/mol. The predicted octanol–water partition coefficient (Wildman–Crippen LogP) is 0.439. The van der Waals surface area contributed by atoms with Gasteiger partial charge in [-0.15, -0.1) is 0 Å². The fourth-order valence-corrected chi connectivity index (χ4v) is 2.16. The minimum absolute atomic E-state index is 0.308. The second kappa shape index (κ2) is 6.53. The Morgan fingerprint density at radius 3 is 2.43 bits per heavy atom. The lowest BCUT2D eigenvalue weighted by Gasteiger charge is -2.26. The Labute approximate surface area is 89.7 Å². The summed E-state index contributed by atoms with van der Waals surface area (Å²) in [6.45, 7) is 7.61. The van der Waals surface area contributed by atoms with Crippen molar-refractivity contribution in [2.75, 3.05) is 39.0 Å². The van der Waals surface area contributed by atoms with Gasteiger partial charge in [0.25, 0.3) is 0 Å². The van der Waals surface area contributed by atoms with Gasteiger partial charge in [-0.1, -0.05) is 0 Å². The molecule has 0 radical (unpaired) electrons. The van der Waals surface area contributed by atoms with Crippen LogP contribution in [0.15, 0.2) is 0 Å². The fourth-order valence-electron chi connectivity index (χ4n) is 1.74. The fraction of sp³-hybridized carbons (Fsp3) is 1.00. The lowest BCUT2D eigenvalue weighted by Crippen LogP contribution is -2.38. The summed E-state index contributed by atoms with van der Waals surface area (Å²) in [6.07, 6.45) is 4.22. The van der Waals surface area contributed by atoms with Crippen molar-refractivity contribution in [2.24, 2.45) is 0 Å². The van der Waals surface area contributed by atoms with Crippen molar-refractivity contribution < 1.29 is 4.21 Å². The zero-order valence-electron chi connectivity index (χ0n) is 9.29. The van der Waals surface area contributed by atoms with Crippen LogP contribution in [0, 0.1) is 0 Å². The van der Waals surface area contributed by atoms with Crippen molar-refractivity contribution in [1.29, 1.82) is 0 Å². The Balaban J connectivity index is 2.29. The van der Waals surface area contributed by atoms with E-state index in [2.05, 4.69) is 17.1 Å². The van der Waals surface area contributed by atoms with Gasteiger partial charge in [0.2, 0.25) is 0 Å². The average Bonchev–Trinajstić information content (AvgIpc) is 2.08. The molecule has 2 unspecified atom stereocenters. The van der Waals surface area contributed by atoms with E-state index in [0.717, 1.165) is 32.7 Å². The van der Waals surface area contributed by atoms with Crippen LogP contribution in [0.4, 0.5) is 0 Å². The molecule has 1 rings (SSSR count). The number of hydrogen-bond acceptors (Lipinski definition) is 3. The summed E-state index contributed by atoms with van der Waals surface area (Å²) >= 11 is 0. The van der Waals surface area contributed by atoms with Gasteiger partial charge >= 0.3 is 0 Å². The Morgan fingerprint density at radius 1 is 1.36 bits per heavy atom. The molecule has 0 bridgehead atoms. The van der Waals surface area contributed by atoms with Crippen LogP contribution in [0.1, 0.15) is 19.8 Å². The second-order valence-corrected chi connectivity index (χ2v) is 5.87. The SMILES string of the molecule is CC(CN1CCCNCCC1)S(C)=O. The molecular formula is C10H22N2OS. The third-order valence-corrected chi connectivity index (χ3v) is 4.02. The lowest BCUT2D eigenvalue weighted by atomic mass is 10.2. The third-order valence-electron chi connectivity index (χ3n) is 2.74. The Kier molecular flexibility index (Phi) is 5.67. The van der Waals surface area contributed by atoms with Crippen molar-refractivity contribution in [1.82, 2.24) is 10.2 Å². The maximum atomic E-state index is 11.2. The molecule has 14 heavy (non-hydrogen) atoms. The quantitative estimate of drug-likeness (QED) is 0.746. The second-order valence-electron chi connectivity index (χ2n) is 4.07. The first-order valence-corrected chi connectivity index (χ1v) is 7.07. The smallest absolute Gasteiger partial charge is 0.0444 e. The molecule has 0 aromatic heterocycles. The van der Waals surface area contributed by atoms with Gasteiger partial charge in [0.05, 0.1) is 0 Å². The lowest BCUT2D eigenvalue weighted by molar-refractivity contribution is 0.255. The van der Waals surface area contributed by atoms with Crippen molar-refractivity contribution in [3.8, 4) is 0 Å². The third kappa shape index (κ3) is 4.53. The van der Waals surface area contributed by atoms with E-state index < -0.39 is 10.8 Å². The van der Waals surface area contributed by atoms with Gasteiger partial charge in [-0.05, 0) is 45.9 Å². The molecule has 1 N–H and O–H groups in total. The molecule has 0 aliphatic carbocycles. The first-order chi connectivity index (χ1) is 6.70. The highest BCUT2D eigenvalue weighted by Crippen LogP contribution is 2.02. The van der Waals surface area contributed by atoms with Crippen molar-refractivity contribution >= 4 is 10.8 Å². The molecule has 84 valence electrons. The molecule has 0 aromatic rings. The van der Waals surface area contributed by atoms with E-state index in [1.807, 2.05) is 0 Å². The maximum absolute atomic E-state index is 11.2. The van der Waals surface area contributed by atoms with E-state index in [1.165, 1.54) is 12.8 Å². The highest BCUT2D eigenvalue weighted by atomic mass is 32.2. The van der Waals surface area contributed by atoms with Gasteiger partial charge in [-0.25, -0.2) is 0 Å². The van der Waals surface area contributed by atoms with Crippen LogP contribution in [0.3, 0.4) is 0 Å². The Morgan fingerprint density at radius 2 is 1.93 bits per heavy atom. The maximum Gasteiger partial charge on any atom is 0.0444 e. The summed E-state index contributed by atoms with van der Waals surface area (Å²) in [7, 11) is -0.679. The van der Waals surface area contributed by atoms with Gasteiger partial charge < -0.3 is 10.2 Å². The minimum Gasteiger partial charge on any atom is -0.317 e. The van der Waals surface area contributed by atoms with E-state index in [0.29, 0.717) is 5.25 Å². The van der Waals surface area contributed by atoms with E-state index in [4.69, 9.17) is 0 Å². The van der Waals surface area contributed by atoms with Crippen molar-refractivity contribution in [3.05, 3.63) is 0 Å². The van der Waals surface area contributed by atoms with Crippen LogP contribution in [-0.2, 0) is 10.8 Å². The van der Waals surface area contributed by atoms with Crippen LogP contribution in [0.5, 0.6) is 0 Å². The number of nitrogens with one attached hydrogen (secondary N) is 1. The van der Waals surface area contributed by atoms with E-state index in [-0.39, 0.29) is 0 Å². The standard InChI is InChI=1S/C10H22N2OS/c1-10(14(2)13)9-12-7-3-5-11-6-4-8-12/h10-11H,3-9H2,1-2H3. The largest absolute Gasteiger partial charge is 0.317 e. The summed E-state index contributed by atoms with van der Waals surface area (Å²) in [5, 5.41) is 3.70. The molecule has 1 aliphatic rings. The van der Waals surface area contributed by atoms with Crippen LogP contribution in [0.25, 0.3) is 0 Å². The molecule has 0 saturated carbocycles. The molecule has 2 atom stereocenters. The monoisotopic (exact) mass is 218 g/mol. The van der Waals surface area contributed by atoms with Crippen LogP contribution in [-0.4, -0.2) is 53.3 Å². The predicted molar refractivity (Wildman–Crippen MR) is 62.1 cm³/mol. The van der Waals surface area contributed by atoms with Crippen molar-refractivity contribution in [3.63, 3.8) is 0 Å². The summed E-state index contributed by atoms with van der Waals surface area (Å²) < 4.78 is 11.2. The van der Waals surface area contributed by atoms with Gasteiger partial charge in [-0.2, -0.15) is 0 Å². The Hall–Kier alpha value is 0.0700. The normalized spacial score (nSPS) is 25.0. The van der Waals surface area contributed by atoms with Gasteiger partial charge in [-0.3, -0.25) is 4.21 Å². The Bertz CT molecular complexity index is 179. The molecule has 4 heteroatoms. The summed E-state index contributed by atoms with van der Waals surface area (Å²) in [6, 6.07) is 0.